The molecule has 2 aromatic rings. The molecule has 0 atom stereocenters. The van der Waals surface area contributed by atoms with E-state index in [0.717, 1.165) is 0 Å². The van der Waals surface area contributed by atoms with Gasteiger partial charge in [0.05, 0.1) is 18.0 Å². The van der Waals surface area contributed by atoms with Crippen molar-refractivity contribution in [3.63, 3.8) is 0 Å². The third kappa shape index (κ3) is 4.66. The Morgan fingerprint density at radius 2 is 1.65 bits per heavy atom. The summed E-state index contributed by atoms with van der Waals surface area (Å²) in [5, 5.41) is 9.79. The molecule has 0 heterocycles. The van der Waals surface area contributed by atoms with Crippen molar-refractivity contribution < 1.29 is 19.4 Å². The summed E-state index contributed by atoms with van der Waals surface area (Å²) in [5.74, 6) is -0.911. The van der Waals surface area contributed by atoms with Crippen molar-refractivity contribution in [2.45, 2.75) is 20.8 Å². The molecule has 0 saturated heterocycles. The lowest BCUT2D eigenvalue weighted by molar-refractivity contribution is -0.138. The number of hydrogen-bond donors (Lipinski definition) is 1. The highest BCUT2D eigenvalue weighted by molar-refractivity contribution is 6.19. The van der Waals surface area contributed by atoms with Crippen molar-refractivity contribution in [1.29, 1.82) is 0 Å². The molecule has 5 heteroatoms. The lowest BCUT2D eigenvalue weighted by Gasteiger charge is -2.08. The number of rotatable bonds is 6. The highest BCUT2D eigenvalue weighted by atomic mass is 16.5. The second-order valence-electron chi connectivity index (χ2n) is 5.62. The van der Waals surface area contributed by atoms with E-state index in [0.29, 0.717) is 22.5 Å². The van der Waals surface area contributed by atoms with E-state index in [9.17, 15) is 14.7 Å². The van der Waals surface area contributed by atoms with Gasteiger partial charge in [-0.3, -0.25) is 9.79 Å². The number of hydrogen-bond acceptors (Lipinski definition) is 5. The van der Waals surface area contributed by atoms with Gasteiger partial charge in [0, 0.05) is 11.1 Å². The molecule has 2 rings (SSSR count). The molecular formula is C21H21NO4. The first kappa shape index (κ1) is 19.1. The minimum Gasteiger partial charge on any atom is -0.512 e. The molecule has 0 aromatic heterocycles. The fourth-order valence-corrected chi connectivity index (χ4v) is 2.48. The van der Waals surface area contributed by atoms with Crippen molar-refractivity contribution in [3.8, 4) is 0 Å². The Morgan fingerprint density at radius 3 is 2.27 bits per heavy atom. The monoisotopic (exact) mass is 351 g/mol. The number of aliphatic hydroxyl groups is 1. The molecule has 2 aromatic carbocycles. The highest BCUT2D eigenvalue weighted by Crippen LogP contribution is 2.19. The Balaban J connectivity index is 2.35. The summed E-state index contributed by atoms with van der Waals surface area (Å²) in [4.78, 5) is 28.9. The number of ether oxygens (including phenoxy) is 1. The van der Waals surface area contributed by atoms with E-state index in [1.807, 2.05) is 6.07 Å². The normalized spacial score (nSPS) is 12.3. The average molecular weight is 351 g/mol. The first-order chi connectivity index (χ1) is 12.4. The molecule has 0 aliphatic carbocycles. The maximum atomic E-state index is 12.5. The molecule has 5 nitrogen and oxygen atoms in total. The molecule has 0 bridgehead atoms. The first-order valence-corrected chi connectivity index (χ1v) is 8.26. The van der Waals surface area contributed by atoms with Crippen LogP contribution in [0.2, 0.25) is 0 Å². The lowest BCUT2D eigenvalue weighted by atomic mass is 10.0. The quantitative estimate of drug-likeness (QED) is 0.275. The molecule has 0 unspecified atom stereocenters. The van der Waals surface area contributed by atoms with Gasteiger partial charge in [-0.15, -0.1) is 0 Å². The zero-order valence-electron chi connectivity index (χ0n) is 15.0. The maximum Gasteiger partial charge on any atom is 0.343 e. The van der Waals surface area contributed by atoms with E-state index < -0.39 is 5.97 Å². The summed E-state index contributed by atoms with van der Waals surface area (Å²) < 4.78 is 4.95. The van der Waals surface area contributed by atoms with Crippen molar-refractivity contribution >= 4 is 23.2 Å². The Hall–Kier alpha value is -3.21. The summed E-state index contributed by atoms with van der Waals surface area (Å²) >= 11 is 0. The fraction of sp³-hybridized carbons (Fsp3) is 0.190. The molecule has 1 N–H and O–H groups in total. The molecule has 0 fully saturated rings. The van der Waals surface area contributed by atoms with Crippen LogP contribution in [0, 0.1) is 0 Å². The Bertz CT molecular complexity index is 863. The van der Waals surface area contributed by atoms with E-state index in [2.05, 4.69) is 4.99 Å². The molecule has 0 aliphatic rings. The van der Waals surface area contributed by atoms with Crippen LogP contribution >= 0.6 is 0 Å². The van der Waals surface area contributed by atoms with Gasteiger partial charge in [0.25, 0.3) is 0 Å². The molecule has 0 saturated carbocycles. The SMILES string of the molecule is CCOC(=O)/C(C(C)=Nc1cccc(C(=O)c2ccccc2)c1)=C(\C)O. The molecule has 26 heavy (non-hydrogen) atoms. The lowest BCUT2D eigenvalue weighted by Crippen LogP contribution is -2.15. The van der Waals surface area contributed by atoms with Crippen LogP contribution in [0.3, 0.4) is 0 Å². The van der Waals surface area contributed by atoms with E-state index in [4.69, 9.17) is 4.74 Å². The van der Waals surface area contributed by atoms with Crippen LogP contribution < -0.4 is 0 Å². The third-order valence-corrected chi connectivity index (χ3v) is 3.64. The second-order valence-corrected chi connectivity index (χ2v) is 5.62. The van der Waals surface area contributed by atoms with E-state index in [1.165, 1.54) is 6.92 Å². The number of carbonyl (C=O) groups excluding carboxylic acids is 2. The summed E-state index contributed by atoms with van der Waals surface area (Å²) in [7, 11) is 0. The molecule has 0 amide bonds. The van der Waals surface area contributed by atoms with Crippen LogP contribution in [-0.2, 0) is 9.53 Å². The van der Waals surface area contributed by atoms with Crippen LogP contribution in [0.5, 0.6) is 0 Å². The van der Waals surface area contributed by atoms with Gasteiger partial charge in [-0.2, -0.15) is 0 Å². The zero-order valence-corrected chi connectivity index (χ0v) is 15.0. The van der Waals surface area contributed by atoms with Gasteiger partial charge in [-0.25, -0.2) is 4.79 Å². The van der Waals surface area contributed by atoms with Gasteiger partial charge in [-0.1, -0.05) is 42.5 Å². The van der Waals surface area contributed by atoms with Crippen molar-refractivity contribution in [2.24, 2.45) is 4.99 Å². The maximum absolute atomic E-state index is 12.5. The first-order valence-electron chi connectivity index (χ1n) is 8.26. The van der Waals surface area contributed by atoms with Crippen molar-refractivity contribution in [1.82, 2.24) is 0 Å². The predicted octanol–water partition coefficient (Wildman–Crippen LogP) is 4.41. The van der Waals surface area contributed by atoms with Crippen molar-refractivity contribution in [3.05, 3.63) is 77.1 Å². The van der Waals surface area contributed by atoms with Gasteiger partial charge in [0.15, 0.2) is 5.78 Å². The number of esters is 1. The van der Waals surface area contributed by atoms with Crippen LogP contribution in [0.15, 0.2) is 70.9 Å². The van der Waals surface area contributed by atoms with Crippen LogP contribution in [0.25, 0.3) is 0 Å². The molecule has 0 spiro atoms. The van der Waals surface area contributed by atoms with Gasteiger partial charge < -0.3 is 9.84 Å². The number of aliphatic imine (C=N–C) groups is 1. The molecule has 0 radical (unpaired) electrons. The van der Waals surface area contributed by atoms with E-state index >= 15 is 0 Å². The van der Waals surface area contributed by atoms with E-state index in [1.54, 1.807) is 62.4 Å². The topological polar surface area (TPSA) is 76.0 Å². The summed E-state index contributed by atoms with van der Waals surface area (Å²) in [6, 6.07) is 15.8. The number of ketones is 1. The average Bonchev–Trinajstić information content (AvgIpc) is 2.62. The standard InChI is InChI=1S/C21H21NO4/c1-4-26-21(25)19(15(3)23)14(2)22-18-12-8-11-17(13-18)20(24)16-9-6-5-7-10-16/h5-13,23H,4H2,1-3H3/b19-15+,22-14?. The van der Waals surface area contributed by atoms with Gasteiger partial charge in [-0.05, 0) is 32.9 Å². The summed E-state index contributed by atoms with van der Waals surface area (Å²) in [5.41, 5.74) is 1.92. The zero-order chi connectivity index (χ0) is 19.1. The predicted molar refractivity (Wildman–Crippen MR) is 101 cm³/mol. The minimum atomic E-state index is -0.634. The smallest absolute Gasteiger partial charge is 0.343 e. The number of allylic oxidation sites excluding steroid dienone is 1. The van der Waals surface area contributed by atoms with Crippen LogP contribution in [-0.4, -0.2) is 29.2 Å². The molecule has 0 aliphatic heterocycles. The highest BCUT2D eigenvalue weighted by Gasteiger charge is 2.18. The molecular weight excluding hydrogens is 330 g/mol. The van der Waals surface area contributed by atoms with Crippen molar-refractivity contribution in [2.75, 3.05) is 6.61 Å². The second kappa shape index (κ2) is 8.76. The largest absolute Gasteiger partial charge is 0.512 e. The number of benzene rings is 2. The van der Waals surface area contributed by atoms with Gasteiger partial charge >= 0.3 is 5.97 Å². The Kier molecular flexibility index (Phi) is 6.44. The summed E-state index contributed by atoms with van der Waals surface area (Å²) in [6.45, 7) is 4.90. The number of carbonyl (C=O) groups is 2. The Morgan fingerprint density at radius 1 is 1.00 bits per heavy atom. The molecule has 134 valence electrons. The minimum absolute atomic E-state index is 0.0200. The number of nitrogens with zero attached hydrogens (tertiary/aromatic N) is 1. The van der Waals surface area contributed by atoms with E-state index in [-0.39, 0.29) is 23.7 Å². The third-order valence-electron chi connectivity index (χ3n) is 3.64. The van der Waals surface area contributed by atoms with Crippen LogP contribution in [0.1, 0.15) is 36.7 Å². The van der Waals surface area contributed by atoms with Crippen LogP contribution in [0.4, 0.5) is 5.69 Å². The Labute approximate surface area is 152 Å². The van der Waals surface area contributed by atoms with Gasteiger partial charge in [0.2, 0.25) is 0 Å². The summed E-state index contributed by atoms with van der Waals surface area (Å²) in [6.07, 6.45) is 0. The van der Waals surface area contributed by atoms with Gasteiger partial charge in [0.1, 0.15) is 11.3 Å². The number of aliphatic hydroxyl groups excluding tert-OH is 1. The fourth-order valence-electron chi connectivity index (χ4n) is 2.48.